The first-order valence-corrected chi connectivity index (χ1v) is 10.6. The fraction of sp³-hybridized carbons (Fsp3) is 0.160. The Kier molecular flexibility index (Phi) is 6.33. The van der Waals surface area contributed by atoms with Gasteiger partial charge in [-0.2, -0.15) is 0 Å². The Morgan fingerprint density at radius 3 is 2.64 bits per heavy atom. The molecule has 1 unspecified atom stereocenters. The van der Waals surface area contributed by atoms with E-state index in [2.05, 4.69) is 4.98 Å². The summed E-state index contributed by atoms with van der Waals surface area (Å²) in [6.45, 7) is 2.31. The molecule has 0 radical (unpaired) electrons. The second-order valence-electron chi connectivity index (χ2n) is 7.24. The van der Waals surface area contributed by atoms with Crippen LogP contribution in [0.25, 0.3) is 5.76 Å². The van der Waals surface area contributed by atoms with Crippen molar-refractivity contribution in [1.29, 1.82) is 0 Å². The number of carbonyl (C=O) groups is 2. The number of ketones is 1. The van der Waals surface area contributed by atoms with E-state index < -0.39 is 17.7 Å². The van der Waals surface area contributed by atoms with Gasteiger partial charge in [-0.15, -0.1) is 0 Å². The lowest BCUT2D eigenvalue weighted by atomic mass is 9.96. The number of hydrogen-bond acceptors (Lipinski definition) is 6. The Morgan fingerprint density at radius 1 is 1.15 bits per heavy atom. The number of halogens is 1. The molecular formula is C25H21ClN2O5. The molecule has 168 valence electrons. The third-order valence-corrected chi connectivity index (χ3v) is 5.57. The lowest BCUT2D eigenvalue weighted by Crippen LogP contribution is -2.29. The molecule has 0 spiro atoms. The van der Waals surface area contributed by atoms with Crippen LogP contribution in [0.2, 0.25) is 5.02 Å². The van der Waals surface area contributed by atoms with Gasteiger partial charge in [0.1, 0.15) is 17.3 Å². The molecule has 8 heteroatoms. The van der Waals surface area contributed by atoms with Crippen molar-refractivity contribution in [3.8, 4) is 11.5 Å². The predicted octanol–water partition coefficient (Wildman–Crippen LogP) is 4.77. The lowest BCUT2D eigenvalue weighted by molar-refractivity contribution is -0.132. The van der Waals surface area contributed by atoms with Crippen molar-refractivity contribution in [3.63, 3.8) is 0 Å². The second-order valence-corrected chi connectivity index (χ2v) is 7.64. The molecule has 1 fully saturated rings. The fourth-order valence-electron chi connectivity index (χ4n) is 3.81. The summed E-state index contributed by atoms with van der Waals surface area (Å²) in [6.07, 6.45) is 3.15. The molecule has 4 rings (SSSR count). The number of nitrogens with zero attached hydrogens (tertiary/aromatic N) is 2. The molecule has 1 saturated heterocycles. The zero-order valence-corrected chi connectivity index (χ0v) is 18.7. The Morgan fingerprint density at radius 2 is 1.97 bits per heavy atom. The third-order valence-electron chi connectivity index (χ3n) is 5.28. The Labute approximate surface area is 195 Å². The van der Waals surface area contributed by atoms with Gasteiger partial charge in [-0.3, -0.25) is 19.5 Å². The van der Waals surface area contributed by atoms with E-state index >= 15 is 0 Å². The van der Waals surface area contributed by atoms with Crippen LogP contribution in [0.1, 0.15) is 24.1 Å². The number of anilines is 1. The van der Waals surface area contributed by atoms with Crippen molar-refractivity contribution in [2.24, 2.45) is 0 Å². The van der Waals surface area contributed by atoms with Gasteiger partial charge in [0.25, 0.3) is 11.7 Å². The highest BCUT2D eigenvalue weighted by Crippen LogP contribution is 2.43. The molecule has 0 saturated carbocycles. The summed E-state index contributed by atoms with van der Waals surface area (Å²) in [6, 6.07) is 14.1. The number of ether oxygens (including phenoxy) is 2. The van der Waals surface area contributed by atoms with E-state index in [1.807, 2.05) is 6.92 Å². The number of hydrogen-bond donors (Lipinski definition) is 1. The number of rotatable bonds is 6. The Bertz CT molecular complexity index is 1240. The highest BCUT2D eigenvalue weighted by Gasteiger charge is 2.47. The van der Waals surface area contributed by atoms with Gasteiger partial charge in [-0.05, 0) is 48.9 Å². The summed E-state index contributed by atoms with van der Waals surface area (Å²) < 4.78 is 10.7. The quantitative estimate of drug-likeness (QED) is 0.321. The van der Waals surface area contributed by atoms with Gasteiger partial charge in [0.15, 0.2) is 0 Å². The average Bonchev–Trinajstić information content (AvgIpc) is 3.10. The number of aromatic nitrogens is 1. The van der Waals surface area contributed by atoms with Crippen LogP contribution in [-0.4, -0.2) is 35.5 Å². The van der Waals surface area contributed by atoms with Crippen molar-refractivity contribution in [3.05, 3.63) is 88.7 Å². The van der Waals surface area contributed by atoms with Crippen LogP contribution in [0.4, 0.5) is 5.69 Å². The Hall–Kier alpha value is -3.84. The first-order valence-electron chi connectivity index (χ1n) is 10.2. The van der Waals surface area contributed by atoms with Gasteiger partial charge < -0.3 is 14.6 Å². The molecule has 3 aromatic rings. The van der Waals surface area contributed by atoms with Crippen molar-refractivity contribution >= 4 is 34.7 Å². The molecule has 1 N–H and O–H groups in total. The fourth-order valence-corrected chi connectivity index (χ4v) is 4.07. The standard InChI is InChI=1S/C25H21ClN2O5/c1-3-33-18-8-4-7-17(13-18)28-22(16-6-5-11-27-14-16)21(24(30)25(28)31)23(29)15-9-10-20(32-2)19(26)12-15/h4-14,22,29H,3H2,1-2H3/b23-21+. The molecule has 7 nitrogen and oxygen atoms in total. The minimum Gasteiger partial charge on any atom is -0.507 e. The largest absolute Gasteiger partial charge is 0.507 e. The molecule has 1 atom stereocenters. The normalized spacial score (nSPS) is 17.3. The maximum absolute atomic E-state index is 13.2. The molecule has 0 aliphatic carbocycles. The average molecular weight is 465 g/mol. The zero-order chi connectivity index (χ0) is 23.5. The second kappa shape index (κ2) is 9.34. The summed E-state index contributed by atoms with van der Waals surface area (Å²) in [4.78, 5) is 31.9. The molecule has 0 bridgehead atoms. The number of benzene rings is 2. The molecule has 33 heavy (non-hydrogen) atoms. The molecule has 1 aromatic heterocycles. The smallest absolute Gasteiger partial charge is 0.300 e. The van der Waals surface area contributed by atoms with Crippen LogP contribution in [0, 0.1) is 0 Å². The zero-order valence-electron chi connectivity index (χ0n) is 18.0. The molecule has 2 heterocycles. The molecule has 1 aliphatic rings. The van der Waals surface area contributed by atoms with Crippen molar-refractivity contribution in [2.75, 3.05) is 18.6 Å². The van der Waals surface area contributed by atoms with Gasteiger partial charge in [0.2, 0.25) is 0 Å². The predicted molar refractivity (Wildman–Crippen MR) is 125 cm³/mol. The maximum atomic E-state index is 13.2. The van der Waals surface area contributed by atoms with E-state index in [1.54, 1.807) is 60.9 Å². The van der Waals surface area contributed by atoms with Crippen LogP contribution < -0.4 is 14.4 Å². The van der Waals surface area contributed by atoms with Crippen LogP contribution >= 0.6 is 11.6 Å². The number of carbonyl (C=O) groups excluding carboxylic acids is 2. The van der Waals surface area contributed by atoms with Gasteiger partial charge in [-0.25, -0.2) is 0 Å². The van der Waals surface area contributed by atoms with E-state index in [1.165, 1.54) is 18.1 Å². The van der Waals surface area contributed by atoms with E-state index in [9.17, 15) is 14.7 Å². The number of aliphatic hydroxyl groups excluding tert-OH is 1. The highest BCUT2D eigenvalue weighted by molar-refractivity contribution is 6.51. The van der Waals surface area contributed by atoms with Gasteiger partial charge in [0, 0.05) is 29.7 Å². The molecule has 1 amide bonds. The van der Waals surface area contributed by atoms with Gasteiger partial charge >= 0.3 is 0 Å². The van der Waals surface area contributed by atoms with E-state index in [0.717, 1.165) is 0 Å². The first-order chi connectivity index (χ1) is 16.0. The van der Waals surface area contributed by atoms with E-state index in [0.29, 0.717) is 29.4 Å². The van der Waals surface area contributed by atoms with Crippen LogP contribution in [0.3, 0.4) is 0 Å². The van der Waals surface area contributed by atoms with Crippen molar-refractivity contribution < 1.29 is 24.2 Å². The summed E-state index contributed by atoms with van der Waals surface area (Å²) >= 11 is 6.23. The number of pyridine rings is 1. The number of amides is 1. The first kappa shape index (κ1) is 22.4. The van der Waals surface area contributed by atoms with Crippen LogP contribution in [0.15, 0.2) is 72.6 Å². The number of aliphatic hydroxyl groups is 1. The van der Waals surface area contributed by atoms with Gasteiger partial charge in [0.05, 0.1) is 30.4 Å². The lowest BCUT2D eigenvalue weighted by Gasteiger charge is -2.25. The minimum absolute atomic E-state index is 0.0592. The minimum atomic E-state index is -0.892. The third kappa shape index (κ3) is 4.15. The summed E-state index contributed by atoms with van der Waals surface area (Å²) in [5, 5.41) is 11.4. The van der Waals surface area contributed by atoms with Crippen molar-refractivity contribution in [2.45, 2.75) is 13.0 Å². The van der Waals surface area contributed by atoms with E-state index in [4.69, 9.17) is 21.1 Å². The van der Waals surface area contributed by atoms with E-state index in [-0.39, 0.29) is 21.9 Å². The van der Waals surface area contributed by atoms with Crippen LogP contribution in [0.5, 0.6) is 11.5 Å². The highest BCUT2D eigenvalue weighted by atomic mass is 35.5. The van der Waals surface area contributed by atoms with Crippen molar-refractivity contribution in [1.82, 2.24) is 4.98 Å². The number of methoxy groups -OCH3 is 1. The van der Waals surface area contributed by atoms with Gasteiger partial charge in [-0.1, -0.05) is 23.7 Å². The molecule has 1 aliphatic heterocycles. The topological polar surface area (TPSA) is 89.0 Å². The van der Waals surface area contributed by atoms with Crippen LogP contribution in [-0.2, 0) is 9.59 Å². The summed E-state index contributed by atoms with van der Waals surface area (Å²) in [5.74, 6) is -0.932. The SMILES string of the molecule is CCOc1cccc(N2C(=O)C(=O)/C(=C(/O)c3ccc(OC)c(Cl)c3)C2c2cccnc2)c1. The summed E-state index contributed by atoms with van der Waals surface area (Å²) in [7, 11) is 1.48. The number of Topliss-reactive ketones (excluding diaryl/α,β-unsaturated/α-hetero) is 1. The monoisotopic (exact) mass is 464 g/mol. The molecular weight excluding hydrogens is 444 g/mol. The summed E-state index contributed by atoms with van der Waals surface area (Å²) in [5.41, 5.74) is 1.26. The molecule has 2 aromatic carbocycles. The maximum Gasteiger partial charge on any atom is 0.300 e. The Balaban J connectivity index is 1.91.